The molecule has 0 radical (unpaired) electrons. The number of nitrogens with one attached hydrogen (secondary N) is 2. The van der Waals surface area contributed by atoms with E-state index in [9.17, 15) is 4.79 Å². The Balaban J connectivity index is 0. The second-order valence-electron chi connectivity index (χ2n) is 4.29. The normalized spacial score (nSPS) is 7.79. The van der Waals surface area contributed by atoms with Crippen LogP contribution in [0.2, 0.25) is 0 Å². The van der Waals surface area contributed by atoms with Crippen molar-refractivity contribution < 1.29 is 9.90 Å². The molecule has 0 bridgehead atoms. The summed E-state index contributed by atoms with van der Waals surface area (Å²) in [5.74, 6) is 7.57. The first-order valence-corrected chi connectivity index (χ1v) is 7.08. The molecule has 0 aliphatic heterocycles. The smallest absolute Gasteiger partial charge is 0.309 e. The van der Waals surface area contributed by atoms with E-state index in [0.717, 1.165) is 0 Å². The molecule has 0 fully saturated rings. The second kappa shape index (κ2) is 15.9. The molecule has 2 rings (SSSR count). The summed E-state index contributed by atoms with van der Waals surface area (Å²) in [7, 11) is 0. The number of carboxylic acid groups (broad SMARTS) is 1. The van der Waals surface area contributed by atoms with E-state index in [1.807, 2.05) is 12.1 Å². The van der Waals surface area contributed by atoms with Gasteiger partial charge in [0.1, 0.15) is 23.9 Å². The quantitative estimate of drug-likeness (QED) is 0.241. The van der Waals surface area contributed by atoms with Gasteiger partial charge in [-0.2, -0.15) is 31.2 Å². The van der Waals surface area contributed by atoms with Crippen LogP contribution < -0.4 is 23.2 Å². The van der Waals surface area contributed by atoms with Gasteiger partial charge in [-0.15, -0.1) is 0 Å². The lowest BCUT2D eigenvalue weighted by molar-refractivity contribution is -0.136. The van der Waals surface area contributed by atoms with E-state index in [0.29, 0.717) is 17.2 Å². The number of nitrogen functional groups attached to an aromatic ring is 2. The summed E-state index contributed by atoms with van der Waals surface area (Å²) < 4.78 is 0. The molecule has 28 heavy (non-hydrogen) atoms. The van der Waals surface area contributed by atoms with Crippen LogP contribution in [0.1, 0.15) is 23.4 Å². The molecule has 14 nitrogen and oxygen atoms in total. The highest BCUT2D eigenvalue weighted by atomic mass is 16.4. The highest BCUT2D eigenvalue weighted by molar-refractivity contribution is 5.69. The first-order chi connectivity index (χ1) is 13.4. The first kappa shape index (κ1) is 25.6. The van der Waals surface area contributed by atoms with Crippen molar-refractivity contribution in [2.45, 2.75) is 19.3 Å². The third kappa shape index (κ3) is 11.0. The highest BCUT2D eigenvalue weighted by Crippen LogP contribution is 2.11. The van der Waals surface area contributed by atoms with Gasteiger partial charge < -0.3 is 16.6 Å². The number of hydrogen-bond acceptors (Lipinski definition) is 11. The van der Waals surface area contributed by atoms with Crippen LogP contribution in [0.15, 0.2) is 6.07 Å². The SMILES string of the molecule is N#CCC#N.N#CCc1[nH]nc(N)c1C#N.NN.Nc1cc(CC(=O)O)[nH]n1. The lowest BCUT2D eigenvalue weighted by Gasteiger charge is -1.85. The number of nitriles is 4. The van der Waals surface area contributed by atoms with Gasteiger partial charge in [0, 0.05) is 11.8 Å². The van der Waals surface area contributed by atoms with Crippen molar-refractivity contribution in [1.82, 2.24) is 20.4 Å². The molecule has 11 N–H and O–H groups in total. The Morgan fingerprint density at radius 2 is 1.68 bits per heavy atom. The minimum Gasteiger partial charge on any atom is -0.481 e. The van der Waals surface area contributed by atoms with Crippen molar-refractivity contribution in [3.05, 3.63) is 23.0 Å². The van der Waals surface area contributed by atoms with Crippen LogP contribution in [-0.2, 0) is 17.6 Å². The number of H-pyrrole nitrogens is 2. The average Bonchev–Trinajstić information content (AvgIpc) is 3.23. The Labute approximate surface area is 159 Å². The summed E-state index contributed by atoms with van der Waals surface area (Å²) in [4.78, 5) is 10.1. The van der Waals surface area contributed by atoms with Gasteiger partial charge in [-0.3, -0.25) is 26.7 Å². The van der Waals surface area contributed by atoms with E-state index < -0.39 is 5.97 Å². The predicted molar refractivity (Wildman–Crippen MR) is 95.6 cm³/mol. The number of nitrogens with zero attached hydrogens (tertiary/aromatic N) is 6. The average molecular weight is 386 g/mol. The fraction of sp³-hybridized carbons (Fsp3) is 0.214. The largest absolute Gasteiger partial charge is 0.481 e. The van der Waals surface area contributed by atoms with Crippen LogP contribution >= 0.6 is 0 Å². The molecule has 0 unspecified atom stereocenters. The van der Waals surface area contributed by atoms with Gasteiger partial charge in [-0.25, -0.2) is 0 Å². The Hall–Kier alpha value is -4.63. The second-order valence-corrected chi connectivity index (χ2v) is 4.29. The van der Waals surface area contributed by atoms with Crippen molar-refractivity contribution >= 4 is 17.6 Å². The molecule has 0 aliphatic carbocycles. The van der Waals surface area contributed by atoms with E-state index in [2.05, 4.69) is 32.1 Å². The Bertz CT molecular complexity index is 875. The molecule has 2 aromatic heterocycles. The zero-order valence-corrected chi connectivity index (χ0v) is 14.5. The van der Waals surface area contributed by atoms with E-state index >= 15 is 0 Å². The maximum Gasteiger partial charge on any atom is 0.309 e. The number of aliphatic carboxylic acids is 1. The summed E-state index contributed by atoms with van der Waals surface area (Å²) in [6, 6.07) is 8.56. The van der Waals surface area contributed by atoms with Crippen molar-refractivity contribution in [3.8, 4) is 24.3 Å². The number of carbonyl (C=O) groups is 1. The van der Waals surface area contributed by atoms with E-state index in [-0.39, 0.29) is 30.6 Å². The van der Waals surface area contributed by atoms with Gasteiger partial charge >= 0.3 is 5.97 Å². The van der Waals surface area contributed by atoms with Gasteiger partial charge in [0.25, 0.3) is 0 Å². The minimum atomic E-state index is -0.899. The Morgan fingerprint density at radius 1 is 1.07 bits per heavy atom. The van der Waals surface area contributed by atoms with Crippen LogP contribution in [0, 0.1) is 45.3 Å². The van der Waals surface area contributed by atoms with E-state index in [4.69, 9.17) is 37.6 Å². The summed E-state index contributed by atoms with van der Waals surface area (Å²) in [5.41, 5.74) is 11.8. The van der Waals surface area contributed by atoms with Crippen molar-refractivity contribution in [3.63, 3.8) is 0 Å². The number of aromatic nitrogens is 4. The fourth-order valence-corrected chi connectivity index (χ4v) is 1.39. The maximum absolute atomic E-state index is 10.1. The molecule has 2 heterocycles. The van der Waals surface area contributed by atoms with Gasteiger partial charge in [-0.1, -0.05) is 0 Å². The number of nitrogens with two attached hydrogens (primary N) is 4. The number of anilines is 2. The number of hydrazine groups is 1. The minimum absolute atomic E-state index is 0. The van der Waals surface area contributed by atoms with Crippen molar-refractivity contribution in [2.75, 3.05) is 11.5 Å². The highest BCUT2D eigenvalue weighted by Gasteiger charge is 2.08. The van der Waals surface area contributed by atoms with Crippen LogP contribution in [-0.4, -0.2) is 31.5 Å². The third-order valence-electron chi connectivity index (χ3n) is 2.39. The molecule has 2 aromatic rings. The van der Waals surface area contributed by atoms with E-state index in [1.54, 1.807) is 12.1 Å². The van der Waals surface area contributed by atoms with Gasteiger partial charge in [-0.05, 0) is 0 Å². The van der Waals surface area contributed by atoms with Crippen molar-refractivity contribution in [2.24, 2.45) is 11.7 Å². The number of hydrogen-bond donors (Lipinski definition) is 7. The predicted octanol–water partition coefficient (Wildman–Crippen LogP) is -1.21. The fourth-order valence-electron chi connectivity index (χ4n) is 1.39. The lowest BCUT2D eigenvalue weighted by Crippen LogP contribution is -2.02. The summed E-state index contributed by atoms with van der Waals surface area (Å²) >= 11 is 0. The summed E-state index contributed by atoms with van der Waals surface area (Å²) in [5, 5.41) is 52.4. The Morgan fingerprint density at radius 3 is 2.04 bits per heavy atom. The molecule has 0 aromatic carbocycles. The molecule has 0 saturated heterocycles. The molecule has 0 amide bonds. The zero-order chi connectivity index (χ0) is 21.9. The van der Waals surface area contributed by atoms with Crippen LogP contribution in [0.4, 0.5) is 11.6 Å². The van der Waals surface area contributed by atoms with Crippen LogP contribution in [0.3, 0.4) is 0 Å². The van der Waals surface area contributed by atoms with Crippen molar-refractivity contribution in [1.29, 1.82) is 21.0 Å². The molecule has 0 aliphatic rings. The summed E-state index contributed by atoms with van der Waals surface area (Å²) in [6.45, 7) is 0. The molecule has 0 atom stereocenters. The van der Waals surface area contributed by atoms with Gasteiger partial charge in [0.2, 0.25) is 0 Å². The molecular formula is C14H18N12O2. The number of aromatic amines is 2. The number of carboxylic acids is 1. The monoisotopic (exact) mass is 386 g/mol. The molecule has 0 saturated carbocycles. The summed E-state index contributed by atoms with van der Waals surface area (Å²) in [6.07, 6.45) is 0.0668. The molecule has 14 heteroatoms. The molecule has 0 spiro atoms. The molecule has 146 valence electrons. The van der Waals surface area contributed by atoms with E-state index in [1.165, 1.54) is 6.07 Å². The standard InChI is InChI=1S/C6H5N5.C5H7N3O2.C3H2N2.H4N2/c7-2-1-5-4(3-8)6(9)11-10-5;6-4-1-3(7-8-4)2-5(9)10;4-2-1-3-5;1-2/h1H2,(H3,9,10,11);1H,2H2,(H,9,10)(H3,6,7,8);1H2;1-2H2. The first-order valence-electron chi connectivity index (χ1n) is 7.08. The third-order valence-corrected chi connectivity index (χ3v) is 2.39. The Kier molecular flexibility index (Phi) is 14.5. The molecular weight excluding hydrogens is 368 g/mol. The van der Waals surface area contributed by atoms with Crippen LogP contribution in [0.5, 0.6) is 0 Å². The van der Waals surface area contributed by atoms with Gasteiger partial charge in [0.05, 0.1) is 36.7 Å². The lowest BCUT2D eigenvalue weighted by atomic mass is 10.2. The topological polar surface area (TPSA) is 294 Å². The van der Waals surface area contributed by atoms with Gasteiger partial charge in [0.15, 0.2) is 5.82 Å². The number of rotatable bonds is 3. The zero-order valence-electron chi connectivity index (χ0n) is 14.5. The van der Waals surface area contributed by atoms with Crippen LogP contribution in [0.25, 0.3) is 0 Å². The maximum atomic E-state index is 10.1.